The Bertz CT molecular complexity index is 1600. The van der Waals surface area contributed by atoms with Crippen molar-refractivity contribution in [2.45, 2.75) is 12.5 Å². The van der Waals surface area contributed by atoms with E-state index in [1.54, 1.807) is 36.4 Å². The highest BCUT2D eigenvalue weighted by Crippen LogP contribution is 2.23. The monoisotopic (exact) mass is 696 g/mol. The molecule has 10 heteroatoms. The Labute approximate surface area is 263 Å². The molecule has 1 saturated heterocycles. The van der Waals surface area contributed by atoms with Crippen molar-refractivity contribution in [1.29, 1.82) is 0 Å². The van der Waals surface area contributed by atoms with Crippen LogP contribution in [0.2, 0.25) is 5.02 Å². The Morgan fingerprint density at radius 2 is 1.62 bits per heavy atom. The van der Waals surface area contributed by atoms with E-state index in [1.165, 1.54) is 6.07 Å². The molecule has 8 nitrogen and oxygen atoms in total. The first-order valence-electron chi connectivity index (χ1n) is 13.6. The van der Waals surface area contributed by atoms with Crippen LogP contribution in [0.25, 0.3) is 23.1 Å². The van der Waals surface area contributed by atoms with E-state index in [0.717, 1.165) is 42.9 Å². The lowest BCUT2D eigenvalue weighted by Gasteiger charge is -2.34. The van der Waals surface area contributed by atoms with Crippen molar-refractivity contribution in [1.82, 2.24) is 18.3 Å². The number of carboxylic acids is 1. The van der Waals surface area contributed by atoms with E-state index in [9.17, 15) is 19.8 Å². The number of nitrogens with one attached hydrogen (secondary N) is 1. The zero-order valence-corrected chi connectivity index (χ0v) is 25.6. The number of aromatic hydroxyl groups is 1. The molecule has 4 aromatic rings. The van der Waals surface area contributed by atoms with Crippen molar-refractivity contribution in [2.24, 2.45) is 0 Å². The van der Waals surface area contributed by atoms with Crippen LogP contribution in [0.3, 0.4) is 0 Å². The summed E-state index contributed by atoms with van der Waals surface area (Å²) in [4.78, 5) is 32.6. The van der Waals surface area contributed by atoms with Crippen LogP contribution in [0.15, 0.2) is 72.8 Å². The van der Waals surface area contributed by atoms with Gasteiger partial charge in [-0.05, 0) is 65.6 Å². The predicted molar refractivity (Wildman–Crippen MR) is 174 cm³/mol. The second-order valence-electron chi connectivity index (χ2n) is 10.3. The Hall–Kier alpha value is -3.51. The maximum Gasteiger partial charge on any atom is 0.336 e. The summed E-state index contributed by atoms with van der Waals surface area (Å²) in [5, 5.41) is 23.9. The fraction of sp³-hybridized carbons (Fsp3) is 0.219. The number of hydrogen-bond acceptors (Lipinski definition) is 6. The number of benzene rings is 3. The van der Waals surface area contributed by atoms with Gasteiger partial charge in [0.2, 0.25) is 0 Å². The Morgan fingerprint density at radius 3 is 2.31 bits per heavy atom. The molecule has 5 rings (SSSR count). The number of phenolic OH excluding ortho intramolecular Hbond substituents is 1. The smallest absolute Gasteiger partial charge is 0.336 e. The number of hydrogen-bond donors (Lipinski definition) is 3. The van der Waals surface area contributed by atoms with Crippen molar-refractivity contribution >= 4 is 69.4 Å². The van der Waals surface area contributed by atoms with Crippen LogP contribution >= 0.6 is 34.5 Å². The third kappa shape index (κ3) is 7.86. The van der Waals surface area contributed by atoms with Gasteiger partial charge in [0.1, 0.15) is 11.4 Å². The van der Waals surface area contributed by atoms with Gasteiger partial charge in [0.15, 0.2) is 0 Å². The standard InChI is InChI=1S/C32H30ClIN4O4/c33-24-8-3-21(4-9-24)1-2-23-7-12-29-27(18-23)28(32(41)42)19-30(36-29)31(40)35-25(17-22-5-10-26(39)11-6-22)20-37-13-15-38(34)16-14-37/h1-12,18-19,25,39H,13-17,20H2,(H,35,40)(H,41,42)/b2-1+/t25-/m0/s1. The Morgan fingerprint density at radius 1 is 0.952 bits per heavy atom. The first-order valence-corrected chi connectivity index (χ1v) is 14.9. The van der Waals surface area contributed by atoms with Gasteiger partial charge in [-0.1, -0.05) is 54.1 Å². The average Bonchev–Trinajstić information content (AvgIpc) is 2.98. The van der Waals surface area contributed by atoms with Gasteiger partial charge in [-0.3, -0.25) is 9.69 Å². The normalized spacial score (nSPS) is 15.2. The molecule has 1 aliphatic rings. The molecular weight excluding hydrogens is 667 g/mol. The number of aromatic nitrogens is 1. The zero-order chi connectivity index (χ0) is 29.6. The van der Waals surface area contributed by atoms with E-state index in [4.69, 9.17) is 11.6 Å². The minimum atomic E-state index is -1.13. The van der Waals surface area contributed by atoms with Gasteiger partial charge < -0.3 is 15.5 Å². The number of carbonyl (C=O) groups is 2. The molecule has 0 saturated carbocycles. The lowest BCUT2D eigenvalue weighted by Crippen LogP contribution is -2.50. The Kier molecular flexibility index (Phi) is 9.73. The molecule has 1 aromatic heterocycles. The number of nitrogens with zero attached hydrogens (tertiary/aromatic N) is 3. The highest BCUT2D eigenvalue weighted by Gasteiger charge is 2.23. The Balaban J connectivity index is 1.39. The number of pyridine rings is 1. The predicted octanol–water partition coefficient (Wildman–Crippen LogP) is 5.77. The van der Waals surface area contributed by atoms with Gasteiger partial charge in [-0.15, -0.1) is 0 Å². The summed E-state index contributed by atoms with van der Waals surface area (Å²) in [6, 6.07) is 20.8. The molecule has 0 unspecified atom stereocenters. The summed E-state index contributed by atoms with van der Waals surface area (Å²) >= 11 is 8.29. The molecule has 0 spiro atoms. The summed E-state index contributed by atoms with van der Waals surface area (Å²) < 4.78 is 2.24. The highest BCUT2D eigenvalue weighted by atomic mass is 127. The van der Waals surface area contributed by atoms with Gasteiger partial charge in [-0.2, -0.15) is 0 Å². The van der Waals surface area contributed by atoms with Crippen molar-refractivity contribution in [3.05, 3.63) is 106 Å². The SMILES string of the molecule is O=C(N[C@@H](Cc1ccc(O)cc1)CN1CCN(I)CC1)c1cc(C(=O)O)c2cc(/C=C/c3ccc(Cl)cc3)ccc2n1. The summed E-state index contributed by atoms with van der Waals surface area (Å²) in [6.07, 6.45) is 4.36. The molecule has 1 amide bonds. The van der Waals surface area contributed by atoms with Crippen LogP contribution < -0.4 is 5.32 Å². The lowest BCUT2D eigenvalue weighted by molar-refractivity contribution is 0.0699. The van der Waals surface area contributed by atoms with Crippen molar-refractivity contribution in [3.8, 4) is 5.75 Å². The molecule has 216 valence electrons. The lowest BCUT2D eigenvalue weighted by atomic mass is 10.0. The number of rotatable bonds is 9. The number of fused-ring (bicyclic) bond motifs is 1. The molecule has 2 heterocycles. The van der Waals surface area contributed by atoms with E-state index in [-0.39, 0.29) is 23.0 Å². The van der Waals surface area contributed by atoms with Crippen LogP contribution in [0.4, 0.5) is 0 Å². The molecule has 42 heavy (non-hydrogen) atoms. The van der Waals surface area contributed by atoms with E-state index in [0.29, 0.717) is 28.9 Å². The topological polar surface area (TPSA) is 106 Å². The number of halogens is 2. The molecular formula is C32H30ClIN4O4. The van der Waals surface area contributed by atoms with Gasteiger partial charge >= 0.3 is 5.97 Å². The zero-order valence-electron chi connectivity index (χ0n) is 22.7. The summed E-state index contributed by atoms with van der Waals surface area (Å²) in [5.41, 5.74) is 3.23. The molecule has 0 bridgehead atoms. The van der Waals surface area contributed by atoms with E-state index in [1.807, 2.05) is 42.5 Å². The van der Waals surface area contributed by atoms with Crippen molar-refractivity contribution in [2.75, 3.05) is 32.7 Å². The molecule has 3 N–H and O–H groups in total. The maximum absolute atomic E-state index is 13.5. The molecule has 1 aliphatic heterocycles. The molecule has 1 fully saturated rings. The second-order valence-corrected chi connectivity index (χ2v) is 12.1. The van der Waals surface area contributed by atoms with Gasteiger partial charge in [-0.25, -0.2) is 12.9 Å². The van der Waals surface area contributed by atoms with Gasteiger partial charge in [0, 0.05) is 72.0 Å². The molecule has 0 radical (unpaired) electrons. The van der Waals surface area contributed by atoms with Crippen molar-refractivity contribution in [3.63, 3.8) is 0 Å². The molecule has 3 aromatic carbocycles. The fourth-order valence-corrected chi connectivity index (χ4v) is 5.52. The first-order chi connectivity index (χ1) is 20.2. The summed E-state index contributed by atoms with van der Waals surface area (Å²) in [6.45, 7) is 4.28. The average molecular weight is 697 g/mol. The van der Waals surface area contributed by atoms with E-state index >= 15 is 0 Å². The van der Waals surface area contributed by atoms with Crippen LogP contribution in [-0.4, -0.2) is 73.9 Å². The van der Waals surface area contributed by atoms with Crippen LogP contribution in [0, 0.1) is 0 Å². The van der Waals surface area contributed by atoms with Crippen molar-refractivity contribution < 1.29 is 19.8 Å². The number of piperazine rings is 1. The van der Waals surface area contributed by atoms with E-state index in [2.05, 4.69) is 41.2 Å². The highest BCUT2D eigenvalue weighted by molar-refractivity contribution is 14.1. The summed E-state index contributed by atoms with van der Waals surface area (Å²) in [7, 11) is 0. The van der Waals surface area contributed by atoms with Crippen LogP contribution in [-0.2, 0) is 6.42 Å². The van der Waals surface area contributed by atoms with Crippen LogP contribution in [0.1, 0.15) is 37.5 Å². The number of aromatic carboxylic acids is 1. The maximum atomic E-state index is 13.5. The van der Waals surface area contributed by atoms with Gasteiger partial charge in [0.25, 0.3) is 5.91 Å². The van der Waals surface area contributed by atoms with Crippen LogP contribution in [0.5, 0.6) is 5.75 Å². The molecule has 1 atom stereocenters. The third-order valence-electron chi connectivity index (χ3n) is 7.18. The number of amides is 1. The minimum absolute atomic E-state index is 0.0140. The number of carbonyl (C=O) groups excluding carboxylic acids is 1. The largest absolute Gasteiger partial charge is 0.508 e. The second kappa shape index (κ2) is 13.6. The number of phenols is 1. The third-order valence-corrected chi connectivity index (χ3v) is 8.40. The molecule has 0 aliphatic carbocycles. The van der Waals surface area contributed by atoms with Gasteiger partial charge in [0.05, 0.1) is 11.1 Å². The number of carboxylic acid groups (broad SMARTS) is 1. The minimum Gasteiger partial charge on any atom is -0.508 e. The quantitative estimate of drug-likeness (QED) is 0.116. The fourth-order valence-electron chi connectivity index (χ4n) is 4.96. The first kappa shape index (κ1) is 30.0. The van der Waals surface area contributed by atoms with E-state index < -0.39 is 11.9 Å². The summed E-state index contributed by atoms with van der Waals surface area (Å²) in [5.74, 6) is -1.38.